The van der Waals surface area contributed by atoms with Crippen molar-refractivity contribution < 1.29 is 18.7 Å². The highest BCUT2D eigenvalue weighted by atomic mass is 16.5. The van der Waals surface area contributed by atoms with E-state index < -0.39 is 0 Å². The van der Waals surface area contributed by atoms with Gasteiger partial charge in [-0.2, -0.15) is 0 Å². The molecule has 0 saturated carbocycles. The van der Waals surface area contributed by atoms with E-state index in [0.29, 0.717) is 29.3 Å². The average Bonchev–Trinajstić information content (AvgIpc) is 3.32. The Morgan fingerprint density at radius 3 is 2.93 bits per heavy atom. The fourth-order valence-corrected chi connectivity index (χ4v) is 3.54. The Kier molecular flexibility index (Phi) is 5.21. The van der Waals surface area contributed by atoms with E-state index in [-0.39, 0.29) is 11.9 Å². The van der Waals surface area contributed by atoms with Crippen molar-refractivity contribution in [2.75, 3.05) is 20.2 Å². The van der Waals surface area contributed by atoms with Gasteiger partial charge < -0.3 is 24.5 Å². The summed E-state index contributed by atoms with van der Waals surface area (Å²) in [6.45, 7) is 3.96. The van der Waals surface area contributed by atoms with E-state index in [1.807, 2.05) is 49.4 Å². The Hall–Kier alpha value is -2.99. The van der Waals surface area contributed by atoms with Crippen LogP contribution in [-0.2, 0) is 6.61 Å². The first kappa shape index (κ1) is 18.4. The normalized spacial score (nSPS) is 16.3. The molecule has 6 nitrogen and oxygen atoms in total. The van der Waals surface area contributed by atoms with Gasteiger partial charge in [0.05, 0.1) is 12.7 Å². The number of carbonyl (C=O) groups is 1. The summed E-state index contributed by atoms with van der Waals surface area (Å²) in [7, 11) is 1.64. The number of hydrogen-bond donors (Lipinski definition) is 2. The van der Waals surface area contributed by atoms with Crippen LogP contribution in [0.1, 0.15) is 28.1 Å². The molecule has 0 unspecified atom stereocenters. The number of amides is 1. The van der Waals surface area contributed by atoms with Crippen LogP contribution in [0.5, 0.6) is 11.5 Å². The molecule has 2 heterocycles. The van der Waals surface area contributed by atoms with Gasteiger partial charge in [0.15, 0.2) is 0 Å². The van der Waals surface area contributed by atoms with E-state index in [2.05, 4.69) is 10.6 Å². The van der Waals surface area contributed by atoms with E-state index in [4.69, 9.17) is 13.9 Å². The van der Waals surface area contributed by atoms with Gasteiger partial charge in [0.25, 0.3) is 5.91 Å². The number of ether oxygens (including phenoxy) is 2. The molecule has 1 saturated heterocycles. The lowest BCUT2D eigenvalue weighted by Crippen LogP contribution is -2.36. The lowest BCUT2D eigenvalue weighted by molar-refractivity contribution is 0.0940. The van der Waals surface area contributed by atoms with Crippen LogP contribution in [0, 0.1) is 6.92 Å². The lowest BCUT2D eigenvalue weighted by Gasteiger charge is -2.11. The van der Waals surface area contributed by atoms with Gasteiger partial charge in [0.1, 0.15) is 29.4 Å². The first-order valence-electron chi connectivity index (χ1n) is 9.44. The topological polar surface area (TPSA) is 72.7 Å². The summed E-state index contributed by atoms with van der Waals surface area (Å²) in [5.41, 5.74) is 2.27. The molecular weight excluding hydrogens is 356 g/mol. The van der Waals surface area contributed by atoms with Crippen molar-refractivity contribution in [3.63, 3.8) is 0 Å². The summed E-state index contributed by atoms with van der Waals surface area (Å²) in [4.78, 5) is 12.8. The van der Waals surface area contributed by atoms with Crippen LogP contribution < -0.4 is 20.1 Å². The minimum Gasteiger partial charge on any atom is -0.497 e. The second kappa shape index (κ2) is 7.94. The summed E-state index contributed by atoms with van der Waals surface area (Å²) in [6.07, 6.45) is 0.940. The zero-order chi connectivity index (χ0) is 19.5. The van der Waals surface area contributed by atoms with Gasteiger partial charge in [-0.05, 0) is 55.8 Å². The van der Waals surface area contributed by atoms with Crippen LogP contribution in [0.25, 0.3) is 11.0 Å². The maximum absolute atomic E-state index is 12.8. The van der Waals surface area contributed by atoms with Gasteiger partial charge in [-0.1, -0.05) is 12.1 Å². The molecule has 0 aliphatic carbocycles. The van der Waals surface area contributed by atoms with Crippen LogP contribution in [-0.4, -0.2) is 32.1 Å². The van der Waals surface area contributed by atoms with Gasteiger partial charge in [-0.15, -0.1) is 0 Å². The average molecular weight is 380 g/mol. The Balaban J connectivity index is 1.54. The first-order chi connectivity index (χ1) is 13.6. The molecule has 1 aliphatic rings. The molecule has 0 bridgehead atoms. The highest BCUT2D eigenvalue weighted by Crippen LogP contribution is 2.29. The van der Waals surface area contributed by atoms with Crippen LogP contribution in [0.4, 0.5) is 0 Å². The van der Waals surface area contributed by atoms with E-state index in [1.54, 1.807) is 7.11 Å². The molecule has 6 heteroatoms. The van der Waals surface area contributed by atoms with Gasteiger partial charge in [0.2, 0.25) is 0 Å². The van der Waals surface area contributed by atoms with Crippen molar-refractivity contribution in [1.82, 2.24) is 10.6 Å². The van der Waals surface area contributed by atoms with Crippen LogP contribution in [0.15, 0.2) is 46.9 Å². The maximum Gasteiger partial charge on any atom is 0.255 e. The molecule has 1 aromatic heterocycles. The minimum atomic E-state index is -0.102. The van der Waals surface area contributed by atoms with Crippen molar-refractivity contribution in [3.05, 3.63) is 59.4 Å². The fourth-order valence-electron chi connectivity index (χ4n) is 3.54. The van der Waals surface area contributed by atoms with Gasteiger partial charge in [0, 0.05) is 18.0 Å². The molecule has 3 aromatic rings. The number of benzene rings is 2. The number of fused-ring (bicyclic) bond motifs is 1. The molecule has 1 amide bonds. The van der Waals surface area contributed by atoms with Crippen LogP contribution >= 0.6 is 0 Å². The van der Waals surface area contributed by atoms with Crippen molar-refractivity contribution in [2.45, 2.75) is 26.0 Å². The van der Waals surface area contributed by atoms with Crippen molar-refractivity contribution >= 4 is 16.9 Å². The molecule has 146 valence electrons. The van der Waals surface area contributed by atoms with E-state index in [1.165, 1.54) is 0 Å². The number of rotatable bonds is 6. The number of hydrogen-bond acceptors (Lipinski definition) is 5. The van der Waals surface area contributed by atoms with E-state index >= 15 is 0 Å². The Morgan fingerprint density at radius 1 is 1.25 bits per heavy atom. The minimum absolute atomic E-state index is 0.102. The number of nitrogens with one attached hydrogen (secondary N) is 2. The number of methoxy groups -OCH3 is 1. The molecule has 4 rings (SSSR count). The molecule has 28 heavy (non-hydrogen) atoms. The Bertz CT molecular complexity index is 989. The summed E-state index contributed by atoms with van der Waals surface area (Å²) >= 11 is 0. The third-order valence-electron chi connectivity index (χ3n) is 5.00. The predicted molar refractivity (Wildman–Crippen MR) is 107 cm³/mol. The molecule has 2 aromatic carbocycles. The van der Waals surface area contributed by atoms with E-state index in [0.717, 1.165) is 36.2 Å². The lowest BCUT2D eigenvalue weighted by atomic mass is 10.1. The standard InChI is InChI=1S/C22H24N2O4/c1-14-21(22(25)24-16-8-9-23-12-16)19-11-18(6-7-20(19)28-14)27-13-15-4-3-5-17(10-15)26-2/h3-7,10-11,16,23H,8-9,12-13H2,1-2H3,(H,24,25)/t16-/m0/s1. The van der Waals surface area contributed by atoms with Gasteiger partial charge in [-0.25, -0.2) is 0 Å². The number of furan rings is 1. The number of carbonyl (C=O) groups excluding carboxylic acids is 1. The summed E-state index contributed by atoms with van der Waals surface area (Å²) in [6, 6.07) is 13.5. The summed E-state index contributed by atoms with van der Waals surface area (Å²) in [5, 5.41) is 7.11. The van der Waals surface area contributed by atoms with Crippen LogP contribution in [0.3, 0.4) is 0 Å². The second-order valence-electron chi connectivity index (χ2n) is 6.99. The quantitative estimate of drug-likeness (QED) is 0.686. The highest BCUT2D eigenvalue weighted by molar-refractivity contribution is 6.07. The predicted octanol–water partition coefficient (Wildman–Crippen LogP) is 3.42. The van der Waals surface area contributed by atoms with Crippen LogP contribution in [0.2, 0.25) is 0 Å². The molecular formula is C22H24N2O4. The SMILES string of the molecule is COc1cccc(COc2ccc3oc(C)c(C(=O)N[C@H]4CCNC4)c3c2)c1. The summed E-state index contributed by atoms with van der Waals surface area (Å²) in [5.74, 6) is 1.99. The second-order valence-corrected chi connectivity index (χ2v) is 6.99. The van der Waals surface area contributed by atoms with Gasteiger partial charge >= 0.3 is 0 Å². The fraction of sp³-hybridized carbons (Fsp3) is 0.318. The van der Waals surface area contributed by atoms with Gasteiger partial charge in [-0.3, -0.25) is 4.79 Å². The molecule has 1 aliphatic heterocycles. The first-order valence-corrected chi connectivity index (χ1v) is 9.44. The molecule has 2 N–H and O–H groups in total. The molecule has 1 atom stereocenters. The molecule has 0 radical (unpaired) electrons. The number of aryl methyl sites for hydroxylation is 1. The third-order valence-corrected chi connectivity index (χ3v) is 5.00. The van der Waals surface area contributed by atoms with E-state index in [9.17, 15) is 4.79 Å². The smallest absolute Gasteiger partial charge is 0.255 e. The van der Waals surface area contributed by atoms with Crippen molar-refractivity contribution in [2.24, 2.45) is 0 Å². The largest absolute Gasteiger partial charge is 0.497 e. The Morgan fingerprint density at radius 2 is 2.14 bits per heavy atom. The zero-order valence-electron chi connectivity index (χ0n) is 16.1. The highest BCUT2D eigenvalue weighted by Gasteiger charge is 2.23. The van der Waals surface area contributed by atoms with Crippen molar-refractivity contribution in [1.29, 1.82) is 0 Å². The summed E-state index contributed by atoms with van der Waals surface area (Å²) < 4.78 is 17.0. The van der Waals surface area contributed by atoms with Crippen molar-refractivity contribution in [3.8, 4) is 11.5 Å². The zero-order valence-corrected chi connectivity index (χ0v) is 16.1. The monoisotopic (exact) mass is 380 g/mol. The molecule has 1 fully saturated rings. The third kappa shape index (κ3) is 3.82. The molecule has 0 spiro atoms. The maximum atomic E-state index is 12.8. The Labute approximate surface area is 163 Å².